The van der Waals surface area contributed by atoms with Crippen LogP contribution in [0.5, 0.6) is 5.75 Å². The van der Waals surface area contributed by atoms with E-state index in [2.05, 4.69) is 27.4 Å². The van der Waals surface area contributed by atoms with E-state index < -0.39 is 59.0 Å². The Labute approximate surface area is 310 Å². The van der Waals surface area contributed by atoms with Gasteiger partial charge in [-0.15, -0.1) is 6.58 Å². The number of aliphatic carboxylic acids is 1. The maximum absolute atomic E-state index is 13.9. The summed E-state index contributed by atoms with van der Waals surface area (Å²) >= 11 is 0. The third-order valence-electron chi connectivity index (χ3n) is 10.3. The van der Waals surface area contributed by atoms with E-state index in [1.165, 1.54) is 11.0 Å². The number of carboxylic acid groups (broad SMARTS) is 1. The number of aromatic nitrogens is 2. The van der Waals surface area contributed by atoms with Gasteiger partial charge in [0.15, 0.2) is 0 Å². The summed E-state index contributed by atoms with van der Waals surface area (Å²) in [4.78, 5) is 43.7. The molecule has 15 heteroatoms. The predicted molar refractivity (Wildman–Crippen MR) is 200 cm³/mol. The van der Waals surface area contributed by atoms with Crippen LogP contribution in [0, 0.1) is 11.3 Å². The number of likely N-dealkylation sites (tertiary alicyclic amines) is 1. The molecule has 288 valence electrons. The van der Waals surface area contributed by atoms with Gasteiger partial charge < -0.3 is 45.9 Å². The summed E-state index contributed by atoms with van der Waals surface area (Å²) in [5.74, 6) is -0.527. The molecule has 2 saturated heterocycles. The third kappa shape index (κ3) is 8.47. The topological polar surface area (TPSA) is 186 Å². The molecule has 53 heavy (non-hydrogen) atoms. The van der Waals surface area contributed by atoms with E-state index in [4.69, 9.17) is 25.0 Å². The Kier molecular flexibility index (Phi) is 11.1. The van der Waals surface area contributed by atoms with Crippen molar-refractivity contribution < 1.29 is 33.7 Å². The first-order valence-electron chi connectivity index (χ1n) is 18.5. The summed E-state index contributed by atoms with van der Waals surface area (Å²) < 4.78 is 20.2. The number of carboxylic acids is 1. The summed E-state index contributed by atoms with van der Waals surface area (Å²) in [5.41, 5.74) is 5.96. The molecule has 1 aliphatic carbocycles. The molecule has 0 bridgehead atoms. The van der Waals surface area contributed by atoms with Crippen LogP contribution >= 0.6 is 0 Å². The van der Waals surface area contributed by atoms with E-state index in [1.807, 2.05) is 71.2 Å². The molecule has 2 aromatic rings. The van der Waals surface area contributed by atoms with Crippen LogP contribution in [0.15, 0.2) is 49.2 Å². The van der Waals surface area contributed by atoms with Gasteiger partial charge in [0.05, 0.1) is 31.5 Å². The van der Waals surface area contributed by atoms with Crippen LogP contribution in [0.4, 0.5) is 11.5 Å². The number of rotatable bonds is 14. The molecule has 3 aliphatic heterocycles. The van der Waals surface area contributed by atoms with Crippen molar-refractivity contribution in [2.45, 2.75) is 83.4 Å². The molecule has 15 nitrogen and oxygen atoms in total. The summed E-state index contributed by atoms with van der Waals surface area (Å²) in [6, 6.07) is 5.98. The van der Waals surface area contributed by atoms with Crippen molar-refractivity contribution in [2.75, 3.05) is 56.6 Å². The quantitative estimate of drug-likeness (QED) is 0.179. The van der Waals surface area contributed by atoms with Gasteiger partial charge in [-0.1, -0.05) is 26.8 Å². The van der Waals surface area contributed by atoms with Crippen LogP contribution in [0.2, 0.25) is 0 Å². The number of hydrogen-bond acceptors (Lipinski definition) is 11. The van der Waals surface area contributed by atoms with Crippen molar-refractivity contribution in [3.8, 4) is 5.75 Å². The van der Waals surface area contributed by atoms with Crippen LogP contribution in [-0.2, 0) is 23.9 Å². The van der Waals surface area contributed by atoms with Crippen LogP contribution in [-0.4, -0.2) is 118 Å². The average Bonchev–Trinajstić information content (AvgIpc) is 3.39. The molecule has 1 aromatic carbocycles. The minimum atomic E-state index is -1.45. The fourth-order valence-electron chi connectivity index (χ4n) is 7.03. The monoisotopic (exact) mass is 734 g/mol. The van der Waals surface area contributed by atoms with Crippen LogP contribution in [0.3, 0.4) is 0 Å². The molecular weight excluding hydrogens is 680 g/mol. The highest BCUT2D eigenvalue weighted by Gasteiger charge is 2.61. The number of fused-ring (bicyclic) bond motifs is 1. The Bertz CT molecular complexity index is 1710. The lowest BCUT2D eigenvalue weighted by Gasteiger charge is -2.33. The fraction of sp³-hybridized carbons (Fsp3) is 0.579. The van der Waals surface area contributed by atoms with Crippen molar-refractivity contribution in [1.29, 1.82) is 0 Å². The van der Waals surface area contributed by atoms with Gasteiger partial charge in [0, 0.05) is 68.0 Å². The van der Waals surface area contributed by atoms with Gasteiger partial charge in [-0.25, -0.2) is 9.48 Å². The predicted octanol–water partition coefficient (Wildman–Crippen LogP) is 2.88. The number of nitrogens with two attached hydrogens (primary N) is 1. The summed E-state index contributed by atoms with van der Waals surface area (Å²) in [6.07, 6.45) is 4.67. The highest BCUT2D eigenvalue weighted by atomic mass is 16.5. The number of carbonyl (C=O) groups is 3. The first-order chi connectivity index (χ1) is 25.2. The zero-order valence-corrected chi connectivity index (χ0v) is 31.3. The number of anilines is 2. The van der Waals surface area contributed by atoms with E-state index in [0.29, 0.717) is 18.1 Å². The van der Waals surface area contributed by atoms with Crippen molar-refractivity contribution >= 4 is 35.0 Å². The highest BCUT2D eigenvalue weighted by molar-refractivity contribution is 5.95. The SMILES string of the molecule is C=C[C@@H]1C[C@]1(NC(=O)[C@@H]1C[C@@H](OC2=CC(n3ccc(NC(C)C)n3)Nc3cc(OCCN4CCOCC4)ccc32)CN1C(=O)[C@@H](N)C(C)(C)C)C(=O)O. The molecule has 1 aromatic heterocycles. The third-order valence-corrected chi connectivity index (χ3v) is 10.3. The van der Waals surface area contributed by atoms with E-state index in [0.717, 1.165) is 49.9 Å². The zero-order valence-electron chi connectivity index (χ0n) is 31.3. The number of hydrogen-bond donors (Lipinski definition) is 5. The highest BCUT2D eigenvalue weighted by Crippen LogP contribution is 2.45. The second-order valence-corrected chi connectivity index (χ2v) is 15.7. The average molecular weight is 735 g/mol. The molecule has 1 saturated carbocycles. The Hall–Kier alpha value is -4.60. The van der Waals surface area contributed by atoms with Gasteiger partial charge in [-0.3, -0.25) is 14.5 Å². The first kappa shape index (κ1) is 38.1. The molecule has 3 fully saturated rings. The van der Waals surface area contributed by atoms with E-state index >= 15 is 0 Å². The smallest absolute Gasteiger partial charge is 0.330 e. The van der Waals surface area contributed by atoms with E-state index in [-0.39, 0.29) is 25.4 Å². The van der Waals surface area contributed by atoms with Gasteiger partial charge in [0.1, 0.15) is 47.8 Å². The van der Waals surface area contributed by atoms with Gasteiger partial charge in [-0.05, 0) is 37.8 Å². The number of amides is 2. The van der Waals surface area contributed by atoms with Gasteiger partial charge in [0.25, 0.3) is 0 Å². The molecule has 2 amide bonds. The summed E-state index contributed by atoms with van der Waals surface area (Å²) in [5, 5.41) is 24.3. The van der Waals surface area contributed by atoms with E-state index in [9.17, 15) is 19.5 Å². The minimum Gasteiger partial charge on any atom is -0.492 e. The number of ether oxygens (including phenoxy) is 3. The molecular formula is C38H54N8O7. The molecule has 6 rings (SSSR count). The lowest BCUT2D eigenvalue weighted by atomic mass is 9.86. The Morgan fingerprint density at radius 3 is 2.64 bits per heavy atom. The molecule has 1 unspecified atom stereocenters. The summed E-state index contributed by atoms with van der Waals surface area (Å²) in [7, 11) is 0. The number of nitrogens with zero attached hydrogens (tertiary/aromatic N) is 4. The Balaban J connectivity index is 1.26. The molecule has 6 atom stereocenters. The molecule has 4 aliphatic rings. The van der Waals surface area contributed by atoms with E-state index in [1.54, 1.807) is 4.68 Å². The molecule has 0 radical (unpaired) electrons. The van der Waals surface area contributed by atoms with Crippen LogP contribution in [0.1, 0.15) is 59.2 Å². The number of nitrogens with one attached hydrogen (secondary N) is 3. The van der Waals surface area contributed by atoms with Gasteiger partial charge in [0.2, 0.25) is 11.8 Å². The fourth-order valence-corrected chi connectivity index (χ4v) is 7.03. The Morgan fingerprint density at radius 1 is 1.23 bits per heavy atom. The maximum Gasteiger partial charge on any atom is 0.330 e. The van der Waals surface area contributed by atoms with Crippen LogP contribution < -0.4 is 26.4 Å². The number of carbonyl (C=O) groups excluding carboxylic acids is 2. The summed E-state index contributed by atoms with van der Waals surface area (Å²) in [6.45, 7) is 18.0. The lowest BCUT2D eigenvalue weighted by Crippen LogP contribution is -2.57. The maximum atomic E-state index is 13.9. The van der Waals surface area contributed by atoms with Crippen LogP contribution in [0.25, 0.3) is 5.76 Å². The van der Waals surface area contributed by atoms with Crippen molar-refractivity contribution in [3.05, 3.63) is 54.8 Å². The standard InChI is InChI=1S/C38H54N8O7/c1-7-24-21-38(24,36(49)50)42-34(47)29-19-26(22-45(29)35(48)33(39)37(4,5)6)53-30-20-32(46-11-10-31(43-46)40-23(2)3)41-28-18-25(8-9-27(28)30)52-17-14-44-12-15-51-16-13-44/h7-11,18,20,23-24,26,29,32-33,41H,1,12-17,19,21-22,39H2,2-6H3,(H,40,43)(H,42,47)(H,49,50)/t24-,26-,29+,32?,33-,38-/m1/s1. The number of benzene rings is 1. The first-order valence-corrected chi connectivity index (χ1v) is 18.5. The van der Waals surface area contributed by atoms with Gasteiger partial charge >= 0.3 is 5.97 Å². The second kappa shape index (κ2) is 15.4. The number of morpholine rings is 1. The minimum absolute atomic E-state index is 0.0867. The zero-order chi connectivity index (χ0) is 38.1. The molecule has 0 spiro atoms. The normalized spacial score (nSPS) is 26.2. The molecule has 4 heterocycles. The van der Waals surface area contributed by atoms with Crippen molar-refractivity contribution in [2.24, 2.45) is 17.1 Å². The largest absolute Gasteiger partial charge is 0.492 e. The second-order valence-electron chi connectivity index (χ2n) is 15.7. The van der Waals surface area contributed by atoms with Gasteiger partial charge in [-0.2, -0.15) is 5.10 Å². The Morgan fingerprint density at radius 2 is 1.98 bits per heavy atom. The lowest BCUT2D eigenvalue weighted by molar-refractivity contribution is -0.146. The molecule has 6 N–H and O–H groups in total. The van der Waals surface area contributed by atoms with Crippen molar-refractivity contribution in [1.82, 2.24) is 24.9 Å². The van der Waals surface area contributed by atoms with Crippen molar-refractivity contribution in [3.63, 3.8) is 0 Å².